The molecule has 0 aliphatic heterocycles. The van der Waals surface area contributed by atoms with E-state index in [1.54, 1.807) is 6.20 Å². The number of aryl methyl sites for hydroxylation is 1. The monoisotopic (exact) mass is 345 g/mol. The van der Waals surface area contributed by atoms with Gasteiger partial charge in [-0.25, -0.2) is 15.0 Å². The highest BCUT2D eigenvalue weighted by molar-refractivity contribution is 5.91. The summed E-state index contributed by atoms with van der Waals surface area (Å²) in [4.78, 5) is 13.5. The zero-order valence-corrected chi connectivity index (χ0v) is 14.0. The Morgan fingerprint density at radius 3 is 2.85 bits per heavy atom. The highest BCUT2D eigenvalue weighted by Crippen LogP contribution is 2.30. The number of aromatic nitrogens is 4. The first-order valence-corrected chi connectivity index (χ1v) is 8.23. The van der Waals surface area contributed by atoms with Crippen LogP contribution in [0.15, 0.2) is 63.8 Å². The Bertz CT molecular complexity index is 1170. The summed E-state index contributed by atoms with van der Waals surface area (Å²) in [6.45, 7) is 0.499. The van der Waals surface area contributed by atoms with Crippen molar-refractivity contribution in [2.45, 2.75) is 6.54 Å². The van der Waals surface area contributed by atoms with Crippen LogP contribution in [0.25, 0.3) is 33.6 Å². The van der Waals surface area contributed by atoms with Gasteiger partial charge in [0.1, 0.15) is 23.1 Å². The minimum atomic E-state index is 0.469. The summed E-state index contributed by atoms with van der Waals surface area (Å²) in [6.07, 6.45) is 3.13. The fourth-order valence-corrected chi connectivity index (χ4v) is 3.05. The average molecular weight is 345 g/mol. The van der Waals surface area contributed by atoms with Crippen LogP contribution in [0.1, 0.15) is 5.82 Å². The summed E-state index contributed by atoms with van der Waals surface area (Å²) in [5, 5.41) is 3.12. The minimum absolute atomic E-state index is 0.469. The van der Waals surface area contributed by atoms with E-state index in [1.165, 1.54) is 6.26 Å². The van der Waals surface area contributed by atoms with Gasteiger partial charge in [0, 0.05) is 7.05 Å². The van der Waals surface area contributed by atoms with Crippen molar-refractivity contribution in [1.82, 2.24) is 19.5 Å². The van der Waals surface area contributed by atoms with E-state index in [2.05, 4.69) is 15.3 Å². The number of imidazole rings is 1. The SMILES string of the molecule is Cn1c(CNc2ncco2)nc2c(-c3nc4ccccc4o3)cccc21. The molecule has 5 aromatic rings. The minimum Gasteiger partial charge on any atom is -0.436 e. The van der Waals surface area contributed by atoms with Crippen molar-refractivity contribution in [2.75, 3.05) is 5.32 Å². The summed E-state index contributed by atoms with van der Waals surface area (Å²) in [5.74, 6) is 1.43. The van der Waals surface area contributed by atoms with Crippen molar-refractivity contribution in [3.8, 4) is 11.5 Å². The molecule has 26 heavy (non-hydrogen) atoms. The number of oxazole rings is 2. The third kappa shape index (κ3) is 2.33. The Balaban J connectivity index is 1.59. The molecule has 0 saturated heterocycles. The lowest BCUT2D eigenvalue weighted by Gasteiger charge is -2.02. The van der Waals surface area contributed by atoms with Gasteiger partial charge in [-0.15, -0.1) is 0 Å². The van der Waals surface area contributed by atoms with Gasteiger partial charge in [0.2, 0.25) is 5.89 Å². The molecule has 0 aliphatic rings. The van der Waals surface area contributed by atoms with Crippen LogP contribution < -0.4 is 5.32 Å². The van der Waals surface area contributed by atoms with Crippen molar-refractivity contribution >= 4 is 28.1 Å². The van der Waals surface area contributed by atoms with Gasteiger partial charge in [-0.2, -0.15) is 0 Å². The first-order valence-electron chi connectivity index (χ1n) is 8.23. The van der Waals surface area contributed by atoms with Crippen LogP contribution >= 0.6 is 0 Å². The average Bonchev–Trinajstić information content (AvgIpc) is 3.39. The van der Waals surface area contributed by atoms with E-state index in [-0.39, 0.29) is 0 Å². The summed E-state index contributed by atoms with van der Waals surface area (Å²) in [5.41, 5.74) is 4.33. The van der Waals surface area contributed by atoms with Crippen molar-refractivity contribution in [3.63, 3.8) is 0 Å². The summed E-state index contributed by atoms with van der Waals surface area (Å²) >= 11 is 0. The van der Waals surface area contributed by atoms with Gasteiger partial charge in [-0.05, 0) is 24.3 Å². The zero-order valence-electron chi connectivity index (χ0n) is 14.0. The number of nitrogens with zero attached hydrogens (tertiary/aromatic N) is 4. The molecule has 3 heterocycles. The number of hydrogen-bond donors (Lipinski definition) is 1. The van der Waals surface area contributed by atoms with Crippen LogP contribution in [0.2, 0.25) is 0 Å². The molecule has 0 amide bonds. The summed E-state index contributed by atoms with van der Waals surface area (Å²) < 4.78 is 13.2. The Morgan fingerprint density at radius 2 is 2.00 bits per heavy atom. The lowest BCUT2D eigenvalue weighted by Crippen LogP contribution is -2.05. The molecular weight excluding hydrogens is 330 g/mol. The molecule has 0 fully saturated rings. The van der Waals surface area contributed by atoms with E-state index in [9.17, 15) is 0 Å². The third-order valence-corrected chi connectivity index (χ3v) is 4.36. The number of rotatable bonds is 4. The van der Waals surface area contributed by atoms with E-state index < -0.39 is 0 Å². The van der Waals surface area contributed by atoms with Gasteiger partial charge in [-0.3, -0.25) is 0 Å². The topological polar surface area (TPSA) is 81.9 Å². The molecule has 128 valence electrons. The van der Waals surface area contributed by atoms with Crippen molar-refractivity contribution in [2.24, 2.45) is 7.05 Å². The van der Waals surface area contributed by atoms with E-state index in [0.717, 1.165) is 33.5 Å². The van der Waals surface area contributed by atoms with Crippen molar-refractivity contribution in [1.29, 1.82) is 0 Å². The predicted octanol–water partition coefficient (Wildman–Crippen LogP) is 3.98. The molecule has 7 heteroatoms. The molecule has 1 N–H and O–H groups in total. The van der Waals surface area contributed by atoms with Crippen LogP contribution in [0, 0.1) is 0 Å². The zero-order chi connectivity index (χ0) is 17.5. The standard InChI is InChI=1S/C19H15N5O2/c1-24-14-7-4-5-12(18-22-13-6-2-3-8-15(13)26-18)17(14)23-16(24)11-21-19-20-9-10-25-19/h2-10H,11H2,1H3,(H,20,21). The molecule has 7 nitrogen and oxygen atoms in total. The maximum absolute atomic E-state index is 5.93. The fraction of sp³-hybridized carbons (Fsp3) is 0.105. The van der Waals surface area contributed by atoms with Crippen molar-refractivity contribution < 1.29 is 8.83 Å². The quantitative estimate of drug-likeness (QED) is 0.530. The van der Waals surface area contributed by atoms with Crippen LogP contribution in [0.5, 0.6) is 0 Å². The Labute approximate surface area is 148 Å². The number of hydrogen-bond acceptors (Lipinski definition) is 6. The molecule has 0 spiro atoms. The Kier molecular flexibility index (Phi) is 3.24. The largest absolute Gasteiger partial charge is 0.436 e. The van der Waals surface area contributed by atoms with Crippen LogP contribution in [0.3, 0.4) is 0 Å². The highest BCUT2D eigenvalue weighted by atomic mass is 16.4. The maximum Gasteiger partial charge on any atom is 0.294 e. The van der Waals surface area contributed by atoms with E-state index >= 15 is 0 Å². The molecule has 2 aromatic carbocycles. The number of nitrogens with one attached hydrogen (secondary N) is 1. The highest BCUT2D eigenvalue weighted by Gasteiger charge is 2.16. The number of anilines is 1. The second kappa shape index (κ2) is 5.73. The van der Waals surface area contributed by atoms with Gasteiger partial charge >= 0.3 is 0 Å². The number of benzene rings is 2. The molecule has 0 unspecified atom stereocenters. The van der Waals surface area contributed by atoms with Gasteiger partial charge in [-0.1, -0.05) is 18.2 Å². The van der Waals surface area contributed by atoms with Crippen LogP contribution in [-0.2, 0) is 13.6 Å². The number of fused-ring (bicyclic) bond motifs is 2. The molecule has 0 atom stereocenters. The van der Waals surface area contributed by atoms with Gasteiger partial charge in [0.15, 0.2) is 5.58 Å². The second-order valence-corrected chi connectivity index (χ2v) is 5.94. The van der Waals surface area contributed by atoms with E-state index in [1.807, 2.05) is 54.1 Å². The first-order chi connectivity index (χ1) is 12.8. The van der Waals surface area contributed by atoms with E-state index in [0.29, 0.717) is 18.5 Å². The molecule has 0 bridgehead atoms. The Hall–Kier alpha value is -3.61. The smallest absolute Gasteiger partial charge is 0.294 e. The molecular formula is C19H15N5O2. The maximum atomic E-state index is 5.93. The second-order valence-electron chi connectivity index (χ2n) is 5.94. The van der Waals surface area contributed by atoms with E-state index in [4.69, 9.17) is 13.8 Å². The van der Waals surface area contributed by atoms with Gasteiger partial charge in [0.05, 0.1) is 23.8 Å². The third-order valence-electron chi connectivity index (χ3n) is 4.36. The molecule has 0 aliphatic carbocycles. The molecule has 3 aromatic heterocycles. The van der Waals surface area contributed by atoms with Crippen molar-refractivity contribution in [3.05, 3.63) is 60.7 Å². The summed E-state index contributed by atoms with van der Waals surface area (Å²) in [7, 11) is 1.98. The van der Waals surface area contributed by atoms with Gasteiger partial charge in [0.25, 0.3) is 6.01 Å². The van der Waals surface area contributed by atoms with Gasteiger partial charge < -0.3 is 18.7 Å². The molecule has 5 rings (SSSR count). The summed E-state index contributed by atoms with van der Waals surface area (Å²) in [6, 6.07) is 14.2. The van der Waals surface area contributed by atoms with Crippen LogP contribution in [-0.4, -0.2) is 19.5 Å². The number of para-hydroxylation sites is 3. The normalized spacial score (nSPS) is 11.4. The first kappa shape index (κ1) is 14.7. The Morgan fingerprint density at radius 1 is 1.08 bits per heavy atom. The molecule has 0 saturated carbocycles. The lowest BCUT2D eigenvalue weighted by atomic mass is 10.2. The predicted molar refractivity (Wildman–Crippen MR) is 97.5 cm³/mol. The lowest BCUT2D eigenvalue weighted by molar-refractivity contribution is 0.569. The molecule has 0 radical (unpaired) electrons. The fourth-order valence-electron chi connectivity index (χ4n) is 3.05. The van der Waals surface area contributed by atoms with Crippen LogP contribution in [0.4, 0.5) is 6.01 Å².